The van der Waals surface area contributed by atoms with Gasteiger partial charge < -0.3 is 9.13 Å². The molecule has 0 fully saturated rings. The van der Waals surface area contributed by atoms with Crippen LogP contribution in [0.3, 0.4) is 0 Å². The Kier molecular flexibility index (Phi) is 11.5. The second kappa shape index (κ2) is 18.2. The van der Waals surface area contributed by atoms with Crippen LogP contribution in [0.1, 0.15) is 55.6 Å². The van der Waals surface area contributed by atoms with E-state index >= 15 is 13.2 Å². The highest BCUT2D eigenvalue weighted by Gasteiger charge is 2.33. The first-order chi connectivity index (χ1) is 36.5. The molecule has 0 saturated carbocycles. The number of rotatable bonds is 7. The molecule has 0 bridgehead atoms. The fourth-order valence-electron chi connectivity index (χ4n) is 12.0. The van der Waals surface area contributed by atoms with Gasteiger partial charge in [-0.25, -0.2) is 0 Å². The number of fused-ring (bicyclic) bond motifs is 6. The minimum absolute atomic E-state index is 0.252. The van der Waals surface area contributed by atoms with Gasteiger partial charge in [-0.3, -0.25) is 0 Å². The van der Waals surface area contributed by atoms with Crippen molar-refractivity contribution in [3.05, 3.63) is 238 Å². The molecule has 0 aliphatic rings. The van der Waals surface area contributed by atoms with Gasteiger partial charge >= 0.3 is 6.18 Å². The van der Waals surface area contributed by atoms with E-state index in [0.717, 1.165) is 110 Å². The van der Waals surface area contributed by atoms with Gasteiger partial charge in [-0.1, -0.05) is 125 Å². The Labute approximate surface area is 441 Å². The van der Waals surface area contributed by atoms with Gasteiger partial charge in [0.15, 0.2) is 0 Å². The zero-order valence-corrected chi connectivity index (χ0v) is 43.8. The van der Waals surface area contributed by atoms with E-state index in [1.54, 1.807) is 12.1 Å². The first-order valence-corrected chi connectivity index (χ1v) is 25.8. The van der Waals surface area contributed by atoms with E-state index in [1.807, 2.05) is 12.1 Å². The van der Waals surface area contributed by atoms with E-state index in [-0.39, 0.29) is 11.1 Å². The number of nitriles is 1. The lowest BCUT2D eigenvalue weighted by atomic mass is 9.94. The van der Waals surface area contributed by atoms with Crippen molar-refractivity contribution in [2.45, 2.75) is 61.6 Å². The standard InChI is InChI=1S/C70H54F3N3/c1-40-12-21-54(44(5)30-40)48-16-25-63-58(34-48)59-35-49(55-22-13-41(2)31-45(55)6)17-26-64(59)75(63)67-29-20-53(70(71,72)73)38-62(67)69-52(39-74)10-9-11-68(69)76-65-27-18-50(56-23-14-42(3)32-46(56)7)36-60(65)61-37-51(19-28-66(61)76)57-24-15-43(4)33-47(57)8/h9-38H,1-8H3. The van der Waals surface area contributed by atoms with Gasteiger partial charge in [-0.2, -0.15) is 18.4 Å². The molecule has 76 heavy (non-hydrogen) atoms. The molecule has 10 aromatic carbocycles. The molecule has 0 aliphatic carbocycles. The van der Waals surface area contributed by atoms with Crippen LogP contribution in [0, 0.1) is 66.7 Å². The minimum atomic E-state index is -4.68. The topological polar surface area (TPSA) is 33.6 Å². The van der Waals surface area contributed by atoms with E-state index < -0.39 is 11.7 Å². The zero-order chi connectivity index (χ0) is 52.9. The summed E-state index contributed by atoms with van der Waals surface area (Å²) in [6.07, 6.45) is -4.68. The predicted molar refractivity (Wildman–Crippen MR) is 310 cm³/mol. The van der Waals surface area contributed by atoms with Crippen LogP contribution in [0.4, 0.5) is 13.2 Å². The number of hydrogen-bond donors (Lipinski definition) is 0. The van der Waals surface area contributed by atoms with Crippen molar-refractivity contribution in [2.75, 3.05) is 0 Å². The summed E-state index contributed by atoms with van der Waals surface area (Å²) >= 11 is 0. The van der Waals surface area contributed by atoms with Crippen molar-refractivity contribution in [3.8, 4) is 73.1 Å². The van der Waals surface area contributed by atoms with Gasteiger partial charge in [-0.05, 0) is 201 Å². The average molecular weight is 994 g/mol. The molecule has 0 amide bonds. The number of aromatic nitrogens is 2. The van der Waals surface area contributed by atoms with E-state index in [0.29, 0.717) is 16.9 Å². The average Bonchev–Trinajstić information content (AvgIpc) is 3.90. The lowest BCUT2D eigenvalue weighted by Gasteiger charge is -2.21. The van der Waals surface area contributed by atoms with Crippen molar-refractivity contribution in [1.29, 1.82) is 5.26 Å². The van der Waals surface area contributed by atoms with Crippen LogP contribution in [0.2, 0.25) is 0 Å². The normalized spacial score (nSPS) is 11.9. The fraction of sp³-hybridized carbons (Fsp3) is 0.129. The summed E-state index contributed by atoms with van der Waals surface area (Å²) in [6, 6.07) is 63.6. The van der Waals surface area contributed by atoms with Gasteiger partial charge in [0.2, 0.25) is 0 Å². The summed E-state index contributed by atoms with van der Waals surface area (Å²) in [5.74, 6) is 0. The molecular formula is C70H54F3N3. The van der Waals surface area contributed by atoms with Crippen LogP contribution in [-0.4, -0.2) is 9.13 Å². The Bertz CT molecular complexity index is 4220. The number of benzene rings is 10. The van der Waals surface area contributed by atoms with Crippen molar-refractivity contribution < 1.29 is 13.2 Å². The maximum Gasteiger partial charge on any atom is 0.416 e. The minimum Gasteiger partial charge on any atom is -0.309 e. The Morgan fingerprint density at radius 3 is 1.04 bits per heavy atom. The quantitative estimate of drug-likeness (QED) is 0.157. The molecule has 0 saturated heterocycles. The van der Waals surface area contributed by atoms with E-state index in [1.165, 1.54) is 34.4 Å². The van der Waals surface area contributed by atoms with Gasteiger partial charge in [0.25, 0.3) is 0 Å². The summed E-state index contributed by atoms with van der Waals surface area (Å²) in [5, 5.41) is 15.1. The Hall–Kier alpha value is -8.92. The van der Waals surface area contributed by atoms with Crippen LogP contribution < -0.4 is 0 Å². The number of alkyl halides is 3. The highest BCUT2D eigenvalue weighted by atomic mass is 19.4. The summed E-state index contributed by atoms with van der Waals surface area (Å²) in [6.45, 7) is 16.9. The molecule has 2 aromatic heterocycles. The molecule has 0 radical (unpaired) electrons. The fourth-order valence-corrected chi connectivity index (χ4v) is 12.0. The molecule has 0 N–H and O–H groups in total. The third-order valence-electron chi connectivity index (χ3n) is 15.5. The van der Waals surface area contributed by atoms with Crippen molar-refractivity contribution in [2.24, 2.45) is 0 Å². The van der Waals surface area contributed by atoms with Crippen LogP contribution in [0.15, 0.2) is 182 Å². The molecule has 0 spiro atoms. The first kappa shape index (κ1) is 48.0. The van der Waals surface area contributed by atoms with Gasteiger partial charge in [0, 0.05) is 32.7 Å². The molecule has 0 aliphatic heterocycles. The number of halogens is 3. The lowest BCUT2D eigenvalue weighted by molar-refractivity contribution is -0.137. The van der Waals surface area contributed by atoms with Crippen LogP contribution >= 0.6 is 0 Å². The Morgan fingerprint density at radius 2 is 0.711 bits per heavy atom. The predicted octanol–water partition coefficient (Wildman–Crippen LogP) is 19.6. The molecule has 370 valence electrons. The zero-order valence-electron chi connectivity index (χ0n) is 43.8. The molecule has 3 nitrogen and oxygen atoms in total. The smallest absolute Gasteiger partial charge is 0.309 e. The Morgan fingerprint density at radius 1 is 0.355 bits per heavy atom. The van der Waals surface area contributed by atoms with E-state index in [2.05, 4.69) is 216 Å². The summed E-state index contributed by atoms with van der Waals surface area (Å²) < 4.78 is 50.3. The molecular weight excluding hydrogens is 940 g/mol. The molecule has 12 rings (SSSR count). The molecule has 12 aromatic rings. The van der Waals surface area contributed by atoms with Crippen molar-refractivity contribution in [1.82, 2.24) is 9.13 Å². The molecule has 2 heterocycles. The highest BCUT2D eigenvalue weighted by Crippen LogP contribution is 2.47. The number of aryl methyl sites for hydroxylation is 8. The summed E-state index contributed by atoms with van der Waals surface area (Å²) in [5.41, 5.74) is 22.6. The van der Waals surface area contributed by atoms with E-state index in [9.17, 15) is 5.26 Å². The second-order valence-electron chi connectivity index (χ2n) is 20.9. The number of hydrogen-bond acceptors (Lipinski definition) is 1. The van der Waals surface area contributed by atoms with Crippen molar-refractivity contribution in [3.63, 3.8) is 0 Å². The second-order valence-corrected chi connectivity index (χ2v) is 20.9. The van der Waals surface area contributed by atoms with Gasteiger partial charge in [0.05, 0.1) is 50.6 Å². The first-order valence-electron chi connectivity index (χ1n) is 25.8. The van der Waals surface area contributed by atoms with Gasteiger partial charge in [-0.15, -0.1) is 0 Å². The van der Waals surface area contributed by atoms with Crippen molar-refractivity contribution >= 4 is 43.6 Å². The summed E-state index contributed by atoms with van der Waals surface area (Å²) in [7, 11) is 0. The maximum atomic E-state index is 15.3. The highest BCUT2D eigenvalue weighted by molar-refractivity contribution is 6.14. The Balaban J connectivity index is 1.16. The summed E-state index contributed by atoms with van der Waals surface area (Å²) in [4.78, 5) is 0. The van der Waals surface area contributed by atoms with Crippen LogP contribution in [-0.2, 0) is 6.18 Å². The molecule has 0 atom stereocenters. The van der Waals surface area contributed by atoms with Crippen LogP contribution in [0.25, 0.3) is 111 Å². The van der Waals surface area contributed by atoms with E-state index in [4.69, 9.17) is 0 Å². The number of nitrogens with zero attached hydrogens (tertiary/aromatic N) is 3. The third-order valence-corrected chi connectivity index (χ3v) is 15.5. The SMILES string of the molecule is Cc1ccc(-c2ccc3c(c2)c2cc(-c4ccc(C)cc4C)ccc2n3-c2ccc(C(F)(F)F)cc2-c2c(C#N)cccc2-n2c3ccc(-c4ccc(C)cc4C)cc3c3cc(-c4ccc(C)cc4C)ccc32)c(C)c1. The molecule has 0 unspecified atom stereocenters. The molecule has 6 heteroatoms. The monoisotopic (exact) mass is 993 g/mol. The van der Waals surface area contributed by atoms with Gasteiger partial charge in [0.1, 0.15) is 0 Å². The largest absolute Gasteiger partial charge is 0.416 e. The third kappa shape index (κ3) is 8.06. The lowest BCUT2D eigenvalue weighted by Crippen LogP contribution is -2.08. The van der Waals surface area contributed by atoms with Crippen LogP contribution in [0.5, 0.6) is 0 Å². The maximum absolute atomic E-state index is 15.3.